The van der Waals surface area contributed by atoms with Crippen molar-refractivity contribution < 1.29 is 9.26 Å². The van der Waals surface area contributed by atoms with Crippen molar-refractivity contribution in [3.63, 3.8) is 0 Å². The molecule has 0 saturated carbocycles. The molecule has 6 nitrogen and oxygen atoms in total. The standard InChI is InChI=1S/C13H18N4O2/c1-3-7-18-11-6-4-5-10(13(11)14)15-8-12-16-9(2)17-19-12/h4-6,15H,3,7-8,14H2,1-2H3. The van der Waals surface area contributed by atoms with E-state index in [0.29, 0.717) is 36.3 Å². The first-order chi connectivity index (χ1) is 9.20. The van der Waals surface area contributed by atoms with E-state index in [9.17, 15) is 0 Å². The maximum Gasteiger partial charge on any atom is 0.245 e. The summed E-state index contributed by atoms with van der Waals surface area (Å²) >= 11 is 0. The summed E-state index contributed by atoms with van der Waals surface area (Å²) in [7, 11) is 0. The molecule has 102 valence electrons. The maximum atomic E-state index is 6.04. The zero-order valence-corrected chi connectivity index (χ0v) is 11.1. The number of ether oxygens (including phenoxy) is 1. The van der Waals surface area contributed by atoms with Gasteiger partial charge in [0.1, 0.15) is 5.75 Å². The number of aryl methyl sites for hydroxylation is 1. The van der Waals surface area contributed by atoms with Gasteiger partial charge < -0.3 is 20.3 Å². The molecule has 2 aromatic rings. The summed E-state index contributed by atoms with van der Waals surface area (Å²) in [4.78, 5) is 4.12. The molecule has 1 heterocycles. The van der Waals surface area contributed by atoms with Gasteiger partial charge in [-0.05, 0) is 25.5 Å². The van der Waals surface area contributed by atoms with Crippen LogP contribution < -0.4 is 15.8 Å². The molecule has 0 atom stereocenters. The number of anilines is 2. The number of nitrogens with one attached hydrogen (secondary N) is 1. The first-order valence-electron chi connectivity index (χ1n) is 6.25. The van der Waals surface area contributed by atoms with Crippen LogP contribution >= 0.6 is 0 Å². The zero-order valence-electron chi connectivity index (χ0n) is 11.1. The second kappa shape index (κ2) is 6.08. The predicted octanol–water partition coefficient (Wildman–Crippen LogP) is 2.36. The SMILES string of the molecule is CCCOc1cccc(NCc2nc(C)no2)c1N. The molecule has 6 heteroatoms. The lowest BCUT2D eigenvalue weighted by atomic mass is 10.2. The van der Waals surface area contributed by atoms with Gasteiger partial charge in [-0.1, -0.05) is 18.1 Å². The van der Waals surface area contributed by atoms with Crippen molar-refractivity contribution in [2.75, 3.05) is 17.7 Å². The molecule has 0 bridgehead atoms. The molecular formula is C13H18N4O2. The first-order valence-corrected chi connectivity index (χ1v) is 6.25. The number of hydrogen-bond acceptors (Lipinski definition) is 6. The van der Waals surface area contributed by atoms with E-state index in [1.54, 1.807) is 6.92 Å². The highest BCUT2D eigenvalue weighted by atomic mass is 16.5. The lowest BCUT2D eigenvalue weighted by Crippen LogP contribution is -2.05. The van der Waals surface area contributed by atoms with Crippen molar-refractivity contribution in [3.8, 4) is 5.75 Å². The minimum Gasteiger partial charge on any atom is -0.491 e. The summed E-state index contributed by atoms with van der Waals surface area (Å²) in [5, 5.41) is 6.89. The highest BCUT2D eigenvalue weighted by Gasteiger charge is 2.07. The number of nitrogens with zero attached hydrogens (tertiary/aromatic N) is 2. The Hall–Kier alpha value is -2.24. The van der Waals surface area contributed by atoms with Crippen molar-refractivity contribution in [2.24, 2.45) is 0 Å². The Balaban J connectivity index is 2.03. The van der Waals surface area contributed by atoms with Crippen molar-refractivity contribution >= 4 is 11.4 Å². The lowest BCUT2D eigenvalue weighted by Gasteiger charge is -2.12. The van der Waals surface area contributed by atoms with E-state index in [1.807, 2.05) is 18.2 Å². The number of para-hydroxylation sites is 1. The molecule has 0 spiro atoms. The fourth-order valence-corrected chi connectivity index (χ4v) is 1.62. The van der Waals surface area contributed by atoms with Gasteiger partial charge in [0.15, 0.2) is 5.82 Å². The third-order valence-corrected chi connectivity index (χ3v) is 2.53. The molecule has 0 aliphatic carbocycles. The monoisotopic (exact) mass is 262 g/mol. The zero-order chi connectivity index (χ0) is 13.7. The third kappa shape index (κ3) is 3.37. The summed E-state index contributed by atoms with van der Waals surface area (Å²) in [5.74, 6) is 1.83. The van der Waals surface area contributed by atoms with Crippen LogP contribution in [0.15, 0.2) is 22.7 Å². The molecule has 0 aliphatic heterocycles. The Labute approximate surface area is 112 Å². The van der Waals surface area contributed by atoms with Gasteiger partial charge in [0, 0.05) is 0 Å². The fraction of sp³-hybridized carbons (Fsp3) is 0.385. The molecule has 0 saturated heterocycles. The highest BCUT2D eigenvalue weighted by molar-refractivity contribution is 5.72. The summed E-state index contributed by atoms with van der Waals surface area (Å²) < 4.78 is 10.6. The van der Waals surface area contributed by atoms with Gasteiger partial charge in [-0.25, -0.2) is 0 Å². The van der Waals surface area contributed by atoms with Gasteiger partial charge in [-0.15, -0.1) is 0 Å². The summed E-state index contributed by atoms with van der Waals surface area (Å²) in [6, 6.07) is 5.63. The second-order valence-electron chi connectivity index (χ2n) is 4.15. The van der Waals surface area contributed by atoms with Crippen LogP contribution in [0.25, 0.3) is 0 Å². The van der Waals surface area contributed by atoms with Crippen molar-refractivity contribution in [3.05, 3.63) is 29.9 Å². The number of rotatable bonds is 6. The summed E-state index contributed by atoms with van der Waals surface area (Å²) in [5.41, 5.74) is 7.43. The van der Waals surface area contributed by atoms with Gasteiger partial charge in [0.05, 0.1) is 24.5 Å². The molecule has 2 rings (SSSR count). The number of benzene rings is 1. The second-order valence-corrected chi connectivity index (χ2v) is 4.15. The van der Waals surface area contributed by atoms with E-state index in [-0.39, 0.29) is 0 Å². The van der Waals surface area contributed by atoms with Gasteiger partial charge in [0.25, 0.3) is 0 Å². The average molecular weight is 262 g/mol. The molecule has 0 amide bonds. The molecule has 1 aromatic heterocycles. The number of aromatic nitrogens is 2. The van der Waals surface area contributed by atoms with E-state index in [4.69, 9.17) is 15.0 Å². The van der Waals surface area contributed by atoms with E-state index in [2.05, 4.69) is 22.4 Å². The Morgan fingerprint density at radius 1 is 1.42 bits per heavy atom. The number of nitrogen functional groups attached to an aromatic ring is 1. The molecule has 0 radical (unpaired) electrons. The minimum absolute atomic E-state index is 0.433. The van der Waals surface area contributed by atoms with E-state index in [1.165, 1.54) is 0 Å². The van der Waals surface area contributed by atoms with E-state index in [0.717, 1.165) is 12.1 Å². The van der Waals surface area contributed by atoms with Crippen LogP contribution in [0.5, 0.6) is 5.75 Å². The molecule has 0 aliphatic rings. The van der Waals surface area contributed by atoms with Crippen LogP contribution in [0.3, 0.4) is 0 Å². The molecule has 1 aromatic carbocycles. The topological polar surface area (TPSA) is 86.2 Å². The van der Waals surface area contributed by atoms with Crippen molar-refractivity contribution in [2.45, 2.75) is 26.8 Å². The van der Waals surface area contributed by atoms with Gasteiger partial charge in [0.2, 0.25) is 5.89 Å². The largest absolute Gasteiger partial charge is 0.491 e. The van der Waals surface area contributed by atoms with Crippen LogP contribution in [-0.4, -0.2) is 16.7 Å². The highest BCUT2D eigenvalue weighted by Crippen LogP contribution is 2.29. The number of hydrogen-bond donors (Lipinski definition) is 2. The molecule has 3 N–H and O–H groups in total. The molecular weight excluding hydrogens is 244 g/mol. The quantitative estimate of drug-likeness (QED) is 0.777. The smallest absolute Gasteiger partial charge is 0.245 e. The number of nitrogens with two attached hydrogens (primary N) is 1. The first kappa shape index (κ1) is 13.2. The summed E-state index contributed by atoms with van der Waals surface area (Å²) in [6.07, 6.45) is 0.943. The Kier molecular flexibility index (Phi) is 4.22. The molecule has 19 heavy (non-hydrogen) atoms. The minimum atomic E-state index is 0.433. The van der Waals surface area contributed by atoms with Gasteiger partial charge in [-0.2, -0.15) is 4.98 Å². The fourth-order valence-electron chi connectivity index (χ4n) is 1.62. The van der Waals surface area contributed by atoms with Crippen LogP contribution in [0.1, 0.15) is 25.1 Å². The third-order valence-electron chi connectivity index (χ3n) is 2.53. The predicted molar refractivity (Wildman–Crippen MR) is 73.0 cm³/mol. The van der Waals surface area contributed by atoms with Crippen LogP contribution in [0.2, 0.25) is 0 Å². The van der Waals surface area contributed by atoms with Crippen LogP contribution in [0, 0.1) is 6.92 Å². The van der Waals surface area contributed by atoms with Gasteiger partial charge in [-0.3, -0.25) is 0 Å². The van der Waals surface area contributed by atoms with Crippen LogP contribution in [-0.2, 0) is 6.54 Å². The van der Waals surface area contributed by atoms with Crippen LogP contribution in [0.4, 0.5) is 11.4 Å². The van der Waals surface area contributed by atoms with E-state index < -0.39 is 0 Å². The van der Waals surface area contributed by atoms with Crippen molar-refractivity contribution in [1.29, 1.82) is 0 Å². The Bertz CT molecular complexity index is 539. The Morgan fingerprint density at radius 3 is 2.95 bits per heavy atom. The maximum absolute atomic E-state index is 6.04. The normalized spacial score (nSPS) is 10.4. The Morgan fingerprint density at radius 2 is 2.26 bits per heavy atom. The lowest BCUT2D eigenvalue weighted by molar-refractivity contribution is 0.319. The summed E-state index contributed by atoms with van der Waals surface area (Å²) in [6.45, 7) is 4.91. The van der Waals surface area contributed by atoms with E-state index >= 15 is 0 Å². The van der Waals surface area contributed by atoms with Crippen molar-refractivity contribution in [1.82, 2.24) is 10.1 Å². The molecule has 0 fully saturated rings. The molecule has 0 unspecified atom stereocenters. The average Bonchev–Trinajstić information content (AvgIpc) is 2.82. The van der Waals surface area contributed by atoms with Gasteiger partial charge >= 0.3 is 0 Å².